The lowest BCUT2D eigenvalue weighted by molar-refractivity contribution is -0.153. The number of hydrogen-bond donors (Lipinski definition) is 1. The molecule has 0 spiro atoms. The maximum atomic E-state index is 10.8. The van der Waals surface area contributed by atoms with Crippen molar-refractivity contribution in [1.82, 2.24) is 0 Å². The molecule has 4 nitrogen and oxygen atoms in total. The van der Waals surface area contributed by atoms with E-state index in [-0.39, 0.29) is 6.10 Å². The molecule has 0 bridgehead atoms. The molecule has 0 aromatic heterocycles. The molecule has 1 saturated heterocycles. The van der Waals surface area contributed by atoms with Crippen LogP contribution in [0.2, 0.25) is 0 Å². The summed E-state index contributed by atoms with van der Waals surface area (Å²) in [6, 6.07) is 30.9. The topological polar surface area (TPSA) is 47.9 Å². The summed E-state index contributed by atoms with van der Waals surface area (Å²) in [7, 11) is 0. The lowest BCUT2D eigenvalue weighted by atomic mass is 9.80. The number of fused-ring (bicyclic) bond motifs is 1. The van der Waals surface area contributed by atoms with Crippen LogP contribution in [0.3, 0.4) is 0 Å². The zero-order chi connectivity index (χ0) is 23.1. The fourth-order valence-electron chi connectivity index (χ4n) is 4.87. The van der Waals surface area contributed by atoms with Crippen LogP contribution < -0.4 is 0 Å². The third kappa shape index (κ3) is 4.06. The van der Waals surface area contributed by atoms with Crippen LogP contribution in [0.4, 0.5) is 0 Å². The van der Waals surface area contributed by atoms with Gasteiger partial charge in [-0.1, -0.05) is 91.0 Å². The van der Waals surface area contributed by atoms with Gasteiger partial charge >= 0.3 is 0 Å². The van der Waals surface area contributed by atoms with Gasteiger partial charge in [-0.25, -0.2) is 0 Å². The van der Waals surface area contributed by atoms with Crippen molar-refractivity contribution >= 4 is 22.6 Å². The summed E-state index contributed by atoms with van der Waals surface area (Å²) in [5.74, 6) is -0.742. The molecule has 0 amide bonds. The summed E-state index contributed by atoms with van der Waals surface area (Å²) < 4.78 is 20.0. The molecule has 1 aliphatic carbocycles. The normalized spacial score (nSPS) is 24.2. The second kappa shape index (κ2) is 8.96. The average Bonchev–Trinajstić information content (AvgIpc) is 3.27. The van der Waals surface area contributed by atoms with Crippen molar-refractivity contribution in [3.63, 3.8) is 0 Å². The van der Waals surface area contributed by atoms with Gasteiger partial charge in [0, 0.05) is 3.58 Å². The van der Waals surface area contributed by atoms with Gasteiger partial charge in [-0.2, -0.15) is 0 Å². The van der Waals surface area contributed by atoms with E-state index in [2.05, 4.69) is 59.0 Å². The summed E-state index contributed by atoms with van der Waals surface area (Å²) in [6.07, 6.45) is -1.46. The zero-order valence-electron chi connectivity index (χ0n) is 18.6. The van der Waals surface area contributed by atoms with Gasteiger partial charge < -0.3 is 19.3 Å². The summed E-state index contributed by atoms with van der Waals surface area (Å²) in [4.78, 5) is 0. The van der Waals surface area contributed by atoms with Gasteiger partial charge in [0.25, 0.3) is 0 Å². The monoisotopic (exact) mass is 554 g/mol. The SMILES string of the molecule is CC1(C)OC2C(COC(c3ccccc3)(c3ccccc3)c3ccccc3)=C(I)C(O)C2O1. The van der Waals surface area contributed by atoms with E-state index in [0.29, 0.717) is 6.61 Å². The van der Waals surface area contributed by atoms with Crippen molar-refractivity contribution in [3.05, 3.63) is 117 Å². The van der Waals surface area contributed by atoms with Crippen LogP contribution in [0.15, 0.2) is 100 Å². The maximum absolute atomic E-state index is 10.8. The number of aliphatic hydroxyl groups is 1. The Morgan fingerprint density at radius 2 is 1.27 bits per heavy atom. The number of benzene rings is 3. The summed E-state index contributed by atoms with van der Waals surface area (Å²) in [5.41, 5.74) is 3.23. The molecule has 1 fully saturated rings. The molecule has 5 heteroatoms. The molecule has 3 aromatic carbocycles. The summed E-state index contributed by atoms with van der Waals surface area (Å²) >= 11 is 2.20. The average molecular weight is 554 g/mol. The second-order valence-corrected chi connectivity index (χ2v) is 10.1. The van der Waals surface area contributed by atoms with E-state index >= 15 is 0 Å². The van der Waals surface area contributed by atoms with Crippen molar-refractivity contribution in [2.24, 2.45) is 0 Å². The first-order chi connectivity index (χ1) is 15.9. The molecule has 170 valence electrons. The van der Waals surface area contributed by atoms with E-state index < -0.39 is 23.6 Å². The molecule has 33 heavy (non-hydrogen) atoms. The number of hydrogen-bond acceptors (Lipinski definition) is 4. The third-order valence-corrected chi connectivity index (χ3v) is 7.67. The van der Waals surface area contributed by atoms with E-state index in [4.69, 9.17) is 14.2 Å². The maximum Gasteiger partial charge on any atom is 0.164 e. The lowest BCUT2D eigenvalue weighted by Gasteiger charge is -2.36. The van der Waals surface area contributed by atoms with Gasteiger partial charge in [0.2, 0.25) is 0 Å². The largest absolute Gasteiger partial charge is 0.385 e. The molecule has 1 heterocycles. The number of aliphatic hydroxyl groups excluding tert-OH is 1. The van der Waals surface area contributed by atoms with Crippen molar-refractivity contribution in [3.8, 4) is 0 Å². The fraction of sp³-hybridized carbons (Fsp3) is 0.286. The third-order valence-electron chi connectivity index (χ3n) is 6.34. The predicted molar refractivity (Wildman–Crippen MR) is 136 cm³/mol. The van der Waals surface area contributed by atoms with Crippen molar-refractivity contribution in [2.45, 2.75) is 43.5 Å². The highest BCUT2D eigenvalue weighted by Gasteiger charge is 2.53. The smallest absolute Gasteiger partial charge is 0.164 e. The van der Waals surface area contributed by atoms with Gasteiger partial charge in [0.15, 0.2) is 5.79 Å². The zero-order valence-corrected chi connectivity index (χ0v) is 20.8. The minimum atomic E-state index is -0.828. The van der Waals surface area contributed by atoms with E-state index in [9.17, 15) is 5.11 Å². The first kappa shape index (κ1) is 22.7. The number of rotatable bonds is 6. The molecule has 1 aliphatic heterocycles. The van der Waals surface area contributed by atoms with E-state index in [1.165, 1.54) is 0 Å². The van der Waals surface area contributed by atoms with Crippen LogP contribution in [0.5, 0.6) is 0 Å². The highest BCUT2D eigenvalue weighted by atomic mass is 127. The molecule has 3 unspecified atom stereocenters. The van der Waals surface area contributed by atoms with Crippen molar-refractivity contribution < 1.29 is 19.3 Å². The Balaban J connectivity index is 1.60. The Bertz CT molecular complexity index is 1030. The van der Waals surface area contributed by atoms with Crippen LogP contribution in [0.1, 0.15) is 30.5 Å². The lowest BCUT2D eigenvalue weighted by Crippen LogP contribution is -2.35. The van der Waals surface area contributed by atoms with Crippen molar-refractivity contribution in [2.75, 3.05) is 6.61 Å². The van der Waals surface area contributed by atoms with Gasteiger partial charge in [-0.3, -0.25) is 0 Å². The highest BCUT2D eigenvalue weighted by molar-refractivity contribution is 14.1. The Hall–Kier alpha value is -2.03. The Kier molecular flexibility index (Phi) is 6.18. The van der Waals surface area contributed by atoms with Crippen LogP contribution >= 0.6 is 22.6 Å². The molecule has 5 rings (SSSR count). The fourth-order valence-corrected chi connectivity index (χ4v) is 5.68. The quantitative estimate of drug-likeness (QED) is 0.320. The molecule has 0 saturated carbocycles. The summed E-state index contributed by atoms with van der Waals surface area (Å²) in [5, 5.41) is 10.8. The molecule has 0 radical (unpaired) electrons. The van der Waals surface area contributed by atoms with Crippen LogP contribution in [-0.4, -0.2) is 35.8 Å². The number of halogens is 1. The molecular weight excluding hydrogens is 527 g/mol. The molecule has 1 N–H and O–H groups in total. The number of ether oxygens (including phenoxy) is 3. The van der Waals surface area contributed by atoms with Crippen LogP contribution in [0.25, 0.3) is 0 Å². The van der Waals surface area contributed by atoms with Gasteiger partial charge in [-0.05, 0) is 58.7 Å². The molecule has 3 atom stereocenters. The highest BCUT2D eigenvalue weighted by Crippen LogP contribution is 2.46. The van der Waals surface area contributed by atoms with Crippen LogP contribution in [-0.2, 0) is 19.8 Å². The van der Waals surface area contributed by atoms with Crippen LogP contribution in [0, 0.1) is 0 Å². The van der Waals surface area contributed by atoms with Gasteiger partial charge in [0.05, 0.1) is 6.61 Å². The van der Waals surface area contributed by atoms with Crippen molar-refractivity contribution in [1.29, 1.82) is 0 Å². The minimum absolute atomic E-state index is 0.300. The van der Waals surface area contributed by atoms with Gasteiger partial charge in [0.1, 0.15) is 23.9 Å². The Morgan fingerprint density at radius 3 is 1.73 bits per heavy atom. The summed E-state index contributed by atoms with van der Waals surface area (Å²) in [6.45, 7) is 4.06. The Morgan fingerprint density at radius 1 is 0.818 bits per heavy atom. The van der Waals surface area contributed by atoms with E-state index in [1.807, 2.05) is 68.4 Å². The standard InChI is InChI=1S/C28H27IO4/c1-27(2)32-25-22(23(29)24(30)26(25)33-27)18-31-28(19-12-6-3-7-13-19,20-14-8-4-9-15-20)21-16-10-5-11-17-21/h3-17,24-26,30H,18H2,1-2H3. The molecule has 3 aromatic rings. The van der Waals surface area contributed by atoms with Gasteiger partial charge in [-0.15, -0.1) is 0 Å². The predicted octanol–water partition coefficient (Wildman–Crippen LogP) is 5.58. The first-order valence-electron chi connectivity index (χ1n) is 11.1. The molecule has 2 aliphatic rings. The Labute approximate surface area is 208 Å². The van der Waals surface area contributed by atoms with E-state index in [1.54, 1.807) is 0 Å². The van der Waals surface area contributed by atoms with E-state index in [0.717, 1.165) is 25.8 Å². The molecular formula is C28H27IO4. The first-order valence-corrected chi connectivity index (χ1v) is 12.2. The second-order valence-electron chi connectivity index (χ2n) is 8.91. The minimum Gasteiger partial charge on any atom is -0.385 e.